The van der Waals surface area contributed by atoms with Gasteiger partial charge in [0.05, 0.1) is 11.4 Å². The number of benzene rings is 2. The third-order valence-corrected chi connectivity index (χ3v) is 5.67. The first-order valence-corrected chi connectivity index (χ1v) is 10.8. The lowest BCUT2D eigenvalue weighted by Crippen LogP contribution is -2.24. The van der Waals surface area contributed by atoms with Gasteiger partial charge in [-0.1, -0.05) is 26.8 Å². The van der Waals surface area contributed by atoms with Gasteiger partial charge in [-0.2, -0.15) is 5.10 Å². The quantitative estimate of drug-likeness (QED) is 0.576. The molecule has 32 heavy (non-hydrogen) atoms. The van der Waals surface area contributed by atoms with Gasteiger partial charge in [0, 0.05) is 29.8 Å². The normalized spacial score (nSPS) is 14.7. The maximum Gasteiger partial charge on any atom is 0.324 e. The molecule has 0 fully saturated rings. The Kier molecular flexibility index (Phi) is 5.01. The minimum absolute atomic E-state index is 0.161. The first-order valence-electron chi connectivity index (χ1n) is 10.8. The number of amides is 2. The van der Waals surface area contributed by atoms with E-state index in [4.69, 9.17) is 14.6 Å². The average Bonchev–Trinajstić information content (AvgIpc) is 3.40. The van der Waals surface area contributed by atoms with Crippen LogP contribution >= 0.6 is 0 Å². The minimum Gasteiger partial charge on any atom is -0.454 e. The molecule has 2 amide bonds. The topological polar surface area (TPSA) is 89.4 Å². The first kappa shape index (κ1) is 20.4. The molecule has 3 heterocycles. The van der Waals surface area contributed by atoms with Crippen LogP contribution in [0.25, 0.3) is 5.69 Å². The molecule has 8 heteroatoms. The maximum atomic E-state index is 12.8. The van der Waals surface area contributed by atoms with Crippen LogP contribution in [-0.4, -0.2) is 29.1 Å². The number of nitrogens with zero attached hydrogens (tertiary/aromatic N) is 2. The van der Waals surface area contributed by atoms with Crippen LogP contribution in [0.2, 0.25) is 0 Å². The van der Waals surface area contributed by atoms with Crippen molar-refractivity contribution in [2.24, 2.45) is 0 Å². The summed E-state index contributed by atoms with van der Waals surface area (Å²) in [5, 5.41) is 14.1. The molecule has 3 aromatic rings. The van der Waals surface area contributed by atoms with E-state index in [0.29, 0.717) is 23.0 Å². The minimum atomic E-state index is -0.356. The fourth-order valence-corrected chi connectivity index (χ4v) is 3.89. The summed E-state index contributed by atoms with van der Waals surface area (Å²) >= 11 is 0. The summed E-state index contributed by atoms with van der Waals surface area (Å²) in [5.74, 6) is 1.90. The van der Waals surface area contributed by atoms with Gasteiger partial charge >= 0.3 is 6.03 Å². The Morgan fingerprint density at radius 2 is 1.88 bits per heavy atom. The van der Waals surface area contributed by atoms with E-state index in [1.165, 1.54) is 11.1 Å². The monoisotopic (exact) mass is 433 g/mol. The van der Waals surface area contributed by atoms with Gasteiger partial charge in [-0.25, -0.2) is 9.48 Å². The van der Waals surface area contributed by atoms with E-state index in [0.717, 1.165) is 30.9 Å². The molecule has 2 aliphatic rings. The number of ether oxygens (including phenoxy) is 2. The second-order valence-electron chi connectivity index (χ2n) is 9.10. The van der Waals surface area contributed by atoms with Crippen molar-refractivity contribution in [3.05, 3.63) is 59.3 Å². The Morgan fingerprint density at radius 3 is 2.72 bits per heavy atom. The molecule has 0 atom stereocenters. The molecular formula is C24H27N5O3. The van der Waals surface area contributed by atoms with Gasteiger partial charge in [-0.15, -0.1) is 0 Å². The van der Waals surface area contributed by atoms with Crippen molar-refractivity contribution in [1.29, 1.82) is 0 Å². The predicted molar refractivity (Wildman–Crippen MR) is 123 cm³/mol. The van der Waals surface area contributed by atoms with E-state index in [9.17, 15) is 4.79 Å². The van der Waals surface area contributed by atoms with E-state index >= 15 is 0 Å². The van der Waals surface area contributed by atoms with Crippen molar-refractivity contribution >= 4 is 17.5 Å². The molecule has 0 bridgehead atoms. The molecule has 0 saturated carbocycles. The summed E-state index contributed by atoms with van der Waals surface area (Å²) in [4.78, 5) is 12.8. The molecule has 0 aliphatic carbocycles. The Morgan fingerprint density at radius 1 is 1.03 bits per heavy atom. The molecule has 166 valence electrons. The molecule has 0 saturated heterocycles. The maximum absolute atomic E-state index is 12.8. The molecular weight excluding hydrogens is 406 g/mol. The van der Waals surface area contributed by atoms with Gasteiger partial charge in [0.1, 0.15) is 5.82 Å². The van der Waals surface area contributed by atoms with E-state index < -0.39 is 0 Å². The van der Waals surface area contributed by atoms with Crippen LogP contribution in [0, 0.1) is 0 Å². The van der Waals surface area contributed by atoms with Crippen LogP contribution in [0.1, 0.15) is 37.6 Å². The zero-order valence-electron chi connectivity index (χ0n) is 18.5. The molecule has 0 radical (unpaired) electrons. The van der Waals surface area contributed by atoms with E-state index in [1.54, 1.807) is 22.9 Å². The van der Waals surface area contributed by atoms with E-state index in [-0.39, 0.29) is 18.2 Å². The lowest BCUT2D eigenvalue weighted by Gasteiger charge is -2.18. The number of nitrogens with one attached hydrogen (secondary N) is 3. The van der Waals surface area contributed by atoms with Crippen LogP contribution in [0.3, 0.4) is 0 Å². The summed E-state index contributed by atoms with van der Waals surface area (Å²) in [7, 11) is 0. The van der Waals surface area contributed by atoms with Crippen molar-refractivity contribution in [1.82, 2.24) is 15.1 Å². The summed E-state index contributed by atoms with van der Waals surface area (Å²) in [6.45, 7) is 8.34. The highest BCUT2D eigenvalue weighted by atomic mass is 16.7. The zero-order chi connectivity index (χ0) is 22.3. The van der Waals surface area contributed by atoms with Crippen LogP contribution in [0.15, 0.2) is 42.5 Å². The highest BCUT2D eigenvalue weighted by Gasteiger charge is 2.22. The number of carbonyl (C=O) groups excluding carboxylic acids is 1. The SMILES string of the molecule is CC(C)(C)c1cc(NC(=O)Nc2ccc3c(c2)OCO3)n(-c2ccc3c(c2)CNCC3)n1. The second kappa shape index (κ2) is 7.87. The Balaban J connectivity index is 1.42. The molecule has 5 rings (SSSR count). The zero-order valence-corrected chi connectivity index (χ0v) is 18.5. The van der Waals surface area contributed by atoms with Gasteiger partial charge in [-0.05, 0) is 48.4 Å². The highest BCUT2D eigenvalue weighted by molar-refractivity contribution is 5.99. The fourth-order valence-electron chi connectivity index (χ4n) is 3.89. The largest absolute Gasteiger partial charge is 0.454 e. The van der Waals surface area contributed by atoms with Crippen LogP contribution < -0.4 is 25.4 Å². The average molecular weight is 434 g/mol. The third kappa shape index (κ3) is 4.01. The van der Waals surface area contributed by atoms with Crippen LogP contribution in [-0.2, 0) is 18.4 Å². The smallest absolute Gasteiger partial charge is 0.324 e. The highest BCUT2D eigenvalue weighted by Crippen LogP contribution is 2.34. The van der Waals surface area contributed by atoms with Crippen molar-refractivity contribution in [3.63, 3.8) is 0 Å². The number of aromatic nitrogens is 2. The van der Waals surface area contributed by atoms with Gasteiger partial charge < -0.3 is 20.1 Å². The standard InChI is InChI=1S/C24H27N5O3/c1-24(2,3)21-12-22(27-23(30)26-17-5-7-19-20(11-17)32-14-31-19)29(28-21)18-6-4-15-8-9-25-13-16(15)10-18/h4-7,10-12,25H,8-9,13-14H2,1-3H3,(H2,26,27,30). The lowest BCUT2D eigenvalue weighted by molar-refractivity contribution is 0.174. The summed E-state index contributed by atoms with van der Waals surface area (Å²) < 4.78 is 12.5. The summed E-state index contributed by atoms with van der Waals surface area (Å²) in [6.07, 6.45) is 1.02. The molecule has 0 unspecified atom stereocenters. The molecule has 1 aromatic heterocycles. The van der Waals surface area contributed by atoms with Crippen molar-refractivity contribution < 1.29 is 14.3 Å². The van der Waals surface area contributed by atoms with Crippen LogP contribution in [0.5, 0.6) is 11.5 Å². The molecule has 8 nitrogen and oxygen atoms in total. The fraction of sp³-hybridized carbons (Fsp3) is 0.333. The van der Waals surface area contributed by atoms with E-state index in [2.05, 4.69) is 54.9 Å². The number of anilines is 2. The summed E-state index contributed by atoms with van der Waals surface area (Å²) in [6, 6.07) is 13.2. The van der Waals surface area contributed by atoms with Gasteiger partial charge in [0.2, 0.25) is 6.79 Å². The van der Waals surface area contributed by atoms with Gasteiger partial charge in [0.25, 0.3) is 0 Å². The number of fused-ring (bicyclic) bond motifs is 2. The predicted octanol–water partition coefficient (Wildman–Crippen LogP) is 4.19. The Labute approximate surface area is 186 Å². The molecule has 0 spiro atoms. The van der Waals surface area contributed by atoms with E-state index in [1.807, 2.05) is 6.07 Å². The van der Waals surface area contributed by atoms with Gasteiger partial charge in [0.15, 0.2) is 11.5 Å². The summed E-state index contributed by atoms with van der Waals surface area (Å²) in [5.41, 5.74) is 4.88. The van der Waals surface area contributed by atoms with Crippen molar-refractivity contribution in [2.75, 3.05) is 24.0 Å². The molecule has 2 aliphatic heterocycles. The number of carbonyl (C=O) groups is 1. The van der Waals surface area contributed by atoms with Gasteiger partial charge in [-0.3, -0.25) is 5.32 Å². The first-order chi connectivity index (χ1) is 15.4. The number of urea groups is 1. The number of hydrogen-bond acceptors (Lipinski definition) is 5. The third-order valence-electron chi connectivity index (χ3n) is 5.67. The Hall–Kier alpha value is -3.52. The molecule has 3 N–H and O–H groups in total. The number of hydrogen-bond donors (Lipinski definition) is 3. The molecule has 2 aromatic carbocycles. The number of rotatable bonds is 3. The van der Waals surface area contributed by atoms with Crippen molar-refractivity contribution in [2.45, 2.75) is 39.2 Å². The van der Waals surface area contributed by atoms with Crippen LogP contribution in [0.4, 0.5) is 16.3 Å². The lowest BCUT2D eigenvalue weighted by atomic mass is 9.92. The Bertz CT molecular complexity index is 1180. The second-order valence-corrected chi connectivity index (χ2v) is 9.10. The van der Waals surface area contributed by atoms with Crippen molar-refractivity contribution in [3.8, 4) is 17.2 Å².